The first kappa shape index (κ1) is 17.6. The summed E-state index contributed by atoms with van der Waals surface area (Å²) >= 11 is 1.58. The average Bonchev–Trinajstić information content (AvgIpc) is 3.26. The molecule has 0 aliphatic heterocycles. The minimum absolute atomic E-state index is 0.619. The van der Waals surface area contributed by atoms with Gasteiger partial charge in [0.15, 0.2) is 16.8 Å². The molecule has 3 aromatic heterocycles. The molecular weight excluding hydrogens is 336 g/mol. The number of hydrogen-bond donors (Lipinski definition) is 0. The summed E-state index contributed by atoms with van der Waals surface area (Å²) in [6.07, 6.45) is 7.56. The molecule has 3 rings (SSSR count). The fraction of sp³-hybridized carbons (Fsp3) is 0.471. The summed E-state index contributed by atoms with van der Waals surface area (Å²) in [7, 11) is 0. The number of hydrogen-bond acceptors (Lipinski definition) is 7. The molecule has 0 spiro atoms. The zero-order valence-electron chi connectivity index (χ0n) is 14.6. The Morgan fingerprint density at radius 1 is 1.12 bits per heavy atom. The van der Waals surface area contributed by atoms with E-state index in [0.717, 1.165) is 48.8 Å². The van der Waals surface area contributed by atoms with Gasteiger partial charge in [-0.15, -0.1) is 10.2 Å². The summed E-state index contributed by atoms with van der Waals surface area (Å²) in [5.74, 6) is 2.90. The molecule has 3 aromatic rings. The first-order valence-corrected chi connectivity index (χ1v) is 9.58. The maximum absolute atomic E-state index is 5.28. The number of pyridine rings is 1. The van der Waals surface area contributed by atoms with E-state index in [9.17, 15) is 0 Å². The van der Waals surface area contributed by atoms with Gasteiger partial charge in [0.2, 0.25) is 5.89 Å². The molecular formula is C17H22N6OS. The van der Waals surface area contributed by atoms with Crippen molar-refractivity contribution in [2.45, 2.75) is 57.0 Å². The quantitative estimate of drug-likeness (QED) is 0.538. The topological polar surface area (TPSA) is 82.5 Å². The largest absolute Gasteiger partial charge is 0.339 e. The Kier molecular flexibility index (Phi) is 6.16. The van der Waals surface area contributed by atoms with E-state index in [1.54, 1.807) is 24.2 Å². The Labute approximate surface area is 151 Å². The van der Waals surface area contributed by atoms with Gasteiger partial charge < -0.3 is 9.09 Å². The number of rotatable bonds is 9. The van der Waals surface area contributed by atoms with Crippen LogP contribution in [0.1, 0.15) is 44.8 Å². The molecule has 25 heavy (non-hydrogen) atoms. The minimum atomic E-state index is 0.619. The predicted molar refractivity (Wildman–Crippen MR) is 96.0 cm³/mol. The smallest absolute Gasteiger partial charge is 0.226 e. The Bertz CT molecular complexity index is 786. The number of nitrogens with zero attached hydrogens (tertiary/aromatic N) is 6. The molecule has 7 nitrogen and oxygen atoms in total. The summed E-state index contributed by atoms with van der Waals surface area (Å²) in [6, 6.07) is 3.90. The lowest BCUT2D eigenvalue weighted by Crippen LogP contribution is -2.02. The third kappa shape index (κ3) is 4.45. The van der Waals surface area contributed by atoms with Gasteiger partial charge >= 0.3 is 0 Å². The molecule has 0 atom stereocenters. The normalized spacial score (nSPS) is 11.1. The third-order valence-electron chi connectivity index (χ3n) is 3.69. The van der Waals surface area contributed by atoms with Crippen molar-refractivity contribution in [3.8, 4) is 11.4 Å². The highest BCUT2D eigenvalue weighted by atomic mass is 32.2. The Balaban J connectivity index is 1.72. The van der Waals surface area contributed by atoms with Crippen molar-refractivity contribution in [2.24, 2.45) is 0 Å². The van der Waals surface area contributed by atoms with Gasteiger partial charge in [0.25, 0.3) is 0 Å². The molecule has 0 fully saturated rings. The van der Waals surface area contributed by atoms with E-state index < -0.39 is 0 Å². The Morgan fingerprint density at radius 2 is 1.96 bits per heavy atom. The maximum Gasteiger partial charge on any atom is 0.226 e. The van der Waals surface area contributed by atoms with E-state index in [1.165, 1.54) is 0 Å². The second-order valence-corrected chi connectivity index (χ2v) is 6.63. The highest BCUT2D eigenvalue weighted by Crippen LogP contribution is 2.25. The summed E-state index contributed by atoms with van der Waals surface area (Å²) < 4.78 is 7.42. The molecule has 132 valence electrons. The third-order valence-corrected chi connectivity index (χ3v) is 4.65. The van der Waals surface area contributed by atoms with Crippen LogP contribution in [0, 0.1) is 0 Å². The van der Waals surface area contributed by atoms with Crippen LogP contribution >= 0.6 is 11.8 Å². The lowest BCUT2D eigenvalue weighted by molar-refractivity contribution is 0.371. The van der Waals surface area contributed by atoms with Crippen LogP contribution in [0.2, 0.25) is 0 Å². The van der Waals surface area contributed by atoms with Crippen molar-refractivity contribution in [3.63, 3.8) is 0 Å². The van der Waals surface area contributed by atoms with Gasteiger partial charge in [0, 0.05) is 30.9 Å². The first-order chi connectivity index (χ1) is 12.3. The molecule has 0 saturated heterocycles. The van der Waals surface area contributed by atoms with Crippen LogP contribution in [0.4, 0.5) is 0 Å². The van der Waals surface area contributed by atoms with Gasteiger partial charge in [-0.2, -0.15) is 4.98 Å². The van der Waals surface area contributed by atoms with E-state index in [0.29, 0.717) is 17.5 Å². The number of unbranched alkanes of at least 4 members (excludes halogenated alkanes) is 1. The molecule has 0 radical (unpaired) electrons. The molecule has 0 N–H and O–H groups in total. The second kappa shape index (κ2) is 8.75. The molecule has 0 saturated carbocycles. The van der Waals surface area contributed by atoms with Crippen molar-refractivity contribution < 1.29 is 4.52 Å². The Morgan fingerprint density at radius 3 is 2.72 bits per heavy atom. The fourth-order valence-corrected chi connectivity index (χ4v) is 3.25. The predicted octanol–water partition coefficient (Wildman–Crippen LogP) is 3.77. The van der Waals surface area contributed by atoms with Crippen LogP contribution in [-0.2, 0) is 18.7 Å². The summed E-state index contributed by atoms with van der Waals surface area (Å²) in [5, 5.41) is 13.6. The van der Waals surface area contributed by atoms with E-state index in [1.807, 2.05) is 12.1 Å². The Hall–Kier alpha value is -2.22. The van der Waals surface area contributed by atoms with Crippen molar-refractivity contribution in [3.05, 3.63) is 36.2 Å². The zero-order chi connectivity index (χ0) is 17.5. The molecule has 0 bridgehead atoms. The SMILES string of the molecule is CCCCc1nc(CSc2nnc(-c3ccncc3)n2CCC)no1. The lowest BCUT2D eigenvalue weighted by Gasteiger charge is -2.07. The van der Waals surface area contributed by atoms with Crippen molar-refractivity contribution in [2.75, 3.05) is 0 Å². The van der Waals surface area contributed by atoms with Crippen LogP contribution < -0.4 is 0 Å². The fourth-order valence-electron chi connectivity index (χ4n) is 2.44. The maximum atomic E-state index is 5.28. The highest BCUT2D eigenvalue weighted by Gasteiger charge is 2.15. The van der Waals surface area contributed by atoms with Crippen molar-refractivity contribution in [1.82, 2.24) is 29.9 Å². The van der Waals surface area contributed by atoms with Crippen LogP contribution in [0.25, 0.3) is 11.4 Å². The van der Waals surface area contributed by atoms with Crippen LogP contribution in [0.15, 0.2) is 34.2 Å². The first-order valence-electron chi connectivity index (χ1n) is 8.59. The average molecular weight is 358 g/mol. The van der Waals surface area contributed by atoms with Gasteiger partial charge in [-0.1, -0.05) is 37.2 Å². The number of aryl methyl sites for hydroxylation is 1. The molecule has 3 heterocycles. The van der Waals surface area contributed by atoms with Crippen LogP contribution in [0.3, 0.4) is 0 Å². The van der Waals surface area contributed by atoms with Gasteiger partial charge in [0.1, 0.15) is 0 Å². The van der Waals surface area contributed by atoms with Gasteiger partial charge in [-0.05, 0) is 25.0 Å². The van der Waals surface area contributed by atoms with Crippen molar-refractivity contribution >= 4 is 11.8 Å². The molecule has 0 aliphatic carbocycles. The van der Waals surface area contributed by atoms with E-state index in [2.05, 4.69) is 43.7 Å². The van der Waals surface area contributed by atoms with Gasteiger partial charge in [0.05, 0.1) is 5.75 Å². The summed E-state index contributed by atoms with van der Waals surface area (Å²) in [6.45, 7) is 5.15. The minimum Gasteiger partial charge on any atom is -0.339 e. The van der Waals surface area contributed by atoms with E-state index in [-0.39, 0.29) is 0 Å². The summed E-state index contributed by atoms with van der Waals surface area (Å²) in [4.78, 5) is 8.50. The van der Waals surface area contributed by atoms with Crippen molar-refractivity contribution in [1.29, 1.82) is 0 Å². The molecule has 8 heteroatoms. The molecule has 0 amide bonds. The number of aromatic nitrogens is 6. The monoisotopic (exact) mass is 358 g/mol. The standard InChI is InChI=1S/C17H22N6OS/c1-3-5-6-15-19-14(22-24-15)12-25-17-21-20-16(23(17)11-4-2)13-7-9-18-10-8-13/h7-10H,3-6,11-12H2,1-2H3. The molecule has 0 aliphatic rings. The van der Waals surface area contributed by atoms with Gasteiger partial charge in [-0.3, -0.25) is 4.98 Å². The second-order valence-electron chi connectivity index (χ2n) is 5.69. The van der Waals surface area contributed by atoms with Gasteiger partial charge in [-0.25, -0.2) is 0 Å². The van der Waals surface area contributed by atoms with Crippen LogP contribution in [0.5, 0.6) is 0 Å². The van der Waals surface area contributed by atoms with E-state index in [4.69, 9.17) is 4.52 Å². The van der Waals surface area contributed by atoms with Crippen LogP contribution in [-0.4, -0.2) is 29.9 Å². The molecule has 0 aromatic carbocycles. The summed E-state index contributed by atoms with van der Waals surface area (Å²) in [5.41, 5.74) is 1.02. The zero-order valence-corrected chi connectivity index (χ0v) is 15.4. The number of thioether (sulfide) groups is 1. The lowest BCUT2D eigenvalue weighted by atomic mass is 10.2. The molecule has 0 unspecified atom stereocenters. The van der Waals surface area contributed by atoms with E-state index >= 15 is 0 Å². The highest BCUT2D eigenvalue weighted by molar-refractivity contribution is 7.98.